The Morgan fingerprint density at radius 2 is 2.06 bits per heavy atom. The predicted molar refractivity (Wildman–Crippen MR) is 127 cm³/mol. The molecule has 1 amide bonds. The van der Waals surface area contributed by atoms with Crippen LogP contribution in [0.1, 0.15) is 40.4 Å². The molecule has 0 unspecified atom stereocenters. The Bertz CT molecular complexity index is 1260. The molecule has 1 fully saturated rings. The Morgan fingerprint density at radius 1 is 1.24 bits per heavy atom. The number of furan rings is 1. The van der Waals surface area contributed by atoms with Gasteiger partial charge in [0.05, 0.1) is 17.7 Å². The second-order valence-electron chi connectivity index (χ2n) is 8.52. The highest BCUT2D eigenvalue weighted by Crippen LogP contribution is 2.43. The van der Waals surface area contributed by atoms with E-state index in [4.69, 9.17) is 4.42 Å². The van der Waals surface area contributed by atoms with Gasteiger partial charge in [-0.15, -0.1) is 11.3 Å². The molecular formula is C24H25N3O4S2. The number of benzene rings is 1. The van der Waals surface area contributed by atoms with Gasteiger partial charge in [-0.3, -0.25) is 9.69 Å². The minimum absolute atomic E-state index is 0.179. The van der Waals surface area contributed by atoms with Gasteiger partial charge in [-0.2, -0.15) is 0 Å². The van der Waals surface area contributed by atoms with Crippen LogP contribution in [0.3, 0.4) is 0 Å². The molecule has 1 N–H and O–H groups in total. The third-order valence-electron chi connectivity index (χ3n) is 6.49. The van der Waals surface area contributed by atoms with Crippen LogP contribution in [-0.4, -0.2) is 49.1 Å². The highest BCUT2D eigenvalue weighted by Gasteiger charge is 2.41. The van der Waals surface area contributed by atoms with Crippen LogP contribution in [0, 0.1) is 0 Å². The summed E-state index contributed by atoms with van der Waals surface area (Å²) in [5.41, 5.74) is 3.38. The van der Waals surface area contributed by atoms with E-state index in [1.54, 1.807) is 30.0 Å². The van der Waals surface area contributed by atoms with Crippen molar-refractivity contribution in [1.82, 2.24) is 15.2 Å². The van der Waals surface area contributed by atoms with Crippen molar-refractivity contribution in [3.05, 3.63) is 76.1 Å². The molecule has 0 radical (unpaired) electrons. The first-order chi connectivity index (χ1) is 15.9. The maximum Gasteiger partial charge on any atom is 0.280 e. The summed E-state index contributed by atoms with van der Waals surface area (Å²) in [7, 11) is -3.25. The van der Waals surface area contributed by atoms with E-state index in [0.29, 0.717) is 22.5 Å². The van der Waals surface area contributed by atoms with E-state index < -0.39 is 9.84 Å². The number of amides is 1. The standard InChI is InChI=1S/C24H25N3O4S2/c1-33(29,30)19-7-4-16(5-8-19)20-13-17-6-9-22(27(17)15-18-3-2-11-31-18)21(20)14-26-23(28)24-25-10-12-32-24/h2-5,7-8,10-12,17,22H,6,9,13-15H2,1H3,(H,26,28)/t17-,22+/m0/s1. The molecule has 172 valence electrons. The van der Waals surface area contributed by atoms with Gasteiger partial charge < -0.3 is 9.73 Å². The van der Waals surface area contributed by atoms with Crippen molar-refractivity contribution in [3.63, 3.8) is 0 Å². The maximum atomic E-state index is 12.6. The van der Waals surface area contributed by atoms with E-state index in [1.165, 1.54) is 28.7 Å². The molecular weight excluding hydrogens is 458 g/mol. The SMILES string of the molecule is CS(=O)(=O)c1ccc(C2=C(CNC(=O)c3nccs3)[C@H]3CC[C@@H](C2)N3Cc2ccco2)cc1. The van der Waals surface area contributed by atoms with Crippen molar-refractivity contribution < 1.29 is 17.6 Å². The molecule has 0 saturated carbocycles. The molecule has 0 spiro atoms. The maximum absolute atomic E-state index is 12.6. The molecule has 1 saturated heterocycles. The summed E-state index contributed by atoms with van der Waals surface area (Å²) in [4.78, 5) is 19.5. The summed E-state index contributed by atoms with van der Waals surface area (Å²) in [6.07, 6.45) is 7.47. The Balaban J connectivity index is 1.47. The summed E-state index contributed by atoms with van der Waals surface area (Å²) in [5.74, 6) is 0.751. The Hall–Kier alpha value is -2.75. The number of thiazole rings is 1. The first-order valence-corrected chi connectivity index (χ1v) is 13.7. The first-order valence-electron chi connectivity index (χ1n) is 10.9. The highest BCUT2D eigenvalue weighted by molar-refractivity contribution is 7.90. The van der Waals surface area contributed by atoms with E-state index >= 15 is 0 Å². The molecule has 1 aromatic carbocycles. The number of carbonyl (C=O) groups excluding carboxylic acids is 1. The van der Waals surface area contributed by atoms with Crippen LogP contribution in [-0.2, 0) is 16.4 Å². The monoisotopic (exact) mass is 483 g/mol. The number of aromatic nitrogens is 1. The average molecular weight is 484 g/mol. The fraction of sp³-hybridized carbons (Fsp3) is 0.333. The summed E-state index contributed by atoms with van der Waals surface area (Å²) in [5, 5.41) is 5.29. The number of nitrogens with one attached hydrogen (secondary N) is 1. The summed E-state index contributed by atoms with van der Waals surface area (Å²) in [6.45, 7) is 1.15. The van der Waals surface area contributed by atoms with Crippen LogP contribution in [0.4, 0.5) is 0 Å². The van der Waals surface area contributed by atoms with E-state index in [1.807, 2.05) is 24.3 Å². The van der Waals surface area contributed by atoms with Crippen LogP contribution < -0.4 is 5.32 Å². The van der Waals surface area contributed by atoms with Gasteiger partial charge in [0.2, 0.25) is 0 Å². The number of nitrogens with zero attached hydrogens (tertiary/aromatic N) is 2. The van der Waals surface area contributed by atoms with Gasteiger partial charge in [-0.05, 0) is 60.2 Å². The lowest BCUT2D eigenvalue weighted by atomic mass is 9.88. The molecule has 2 atom stereocenters. The largest absolute Gasteiger partial charge is 0.468 e. The van der Waals surface area contributed by atoms with Gasteiger partial charge in [0.1, 0.15) is 5.76 Å². The first kappa shape index (κ1) is 22.1. The van der Waals surface area contributed by atoms with Crippen LogP contribution in [0.15, 0.2) is 69.1 Å². The van der Waals surface area contributed by atoms with Crippen LogP contribution in [0.25, 0.3) is 5.57 Å². The topological polar surface area (TPSA) is 92.5 Å². The van der Waals surface area contributed by atoms with Crippen molar-refractivity contribution in [2.45, 2.75) is 42.8 Å². The zero-order valence-corrected chi connectivity index (χ0v) is 19.9. The zero-order valence-electron chi connectivity index (χ0n) is 18.2. The normalized spacial score (nSPS) is 20.9. The van der Waals surface area contributed by atoms with Crippen molar-refractivity contribution >= 4 is 32.7 Å². The molecule has 4 heterocycles. The Morgan fingerprint density at radius 3 is 2.73 bits per heavy atom. The van der Waals surface area contributed by atoms with E-state index in [-0.39, 0.29) is 11.9 Å². The van der Waals surface area contributed by atoms with Crippen LogP contribution >= 0.6 is 11.3 Å². The molecule has 2 aromatic heterocycles. The van der Waals surface area contributed by atoms with Crippen molar-refractivity contribution in [2.24, 2.45) is 0 Å². The number of hydrogen-bond donors (Lipinski definition) is 1. The average Bonchev–Trinajstić information content (AvgIpc) is 3.55. The van der Waals surface area contributed by atoms with Gasteiger partial charge in [-0.1, -0.05) is 12.1 Å². The lowest BCUT2D eigenvalue weighted by Crippen LogP contribution is -2.43. The van der Waals surface area contributed by atoms with Crippen molar-refractivity contribution in [3.8, 4) is 0 Å². The van der Waals surface area contributed by atoms with E-state index in [0.717, 1.165) is 37.1 Å². The molecule has 9 heteroatoms. The minimum Gasteiger partial charge on any atom is -0.468 e. The number of rotatable bonds is 7. The molecule has 0 aliphatic carbocycles. The summed E-state index contributed by atoms with van der Waals surface area (Å²) < 4.78 is 29.4. The zero-order chi connectivity index (χ0) is 23.0. The van der Waals surface area contributed by atoms with Gasteiger partial charge in [-0.25, -0.2) is 13.4 Å². The van der Waals surface area contributed by atoms with Gasteiger partial charge >= 0.3 is 0 Å². The molecule has 2 aliphatic heterocycles. The number of sulfone groups is 1. The highest BCUT2D eigenvalue weighted by atomic mass is 32.2. The van der Waals surface area contributed by atoms with E-state index in [9.17, 15) is 13.2 Å². The van der Waals surface area contributed by atoms with Gasteiger partial charge in [0.15, 0.2) is 14.8 Å². The fourth-order valence-electron chi connectivity index (χ4n) is 4.94. The van der Waals surface area contributed by atoms with Gasteiger partial charge in [0.25, 0.3) is 5.91 Å². The molecule has 2 bridgehead atoms. The van der Waals surface area contributed by atoms with E-state index in [2.05, 4.69) is 15.2 Å². The molecule has 5 rings (SSSR count). The predicted octanol–water partition coefficient (Wildman–Crippen LogP) is 3.76. The quantitative estimate of drug-likeness (QED) is 0.550. The second kappa shape index (κ2) is 8.89. The van der Waals surface area contributed by atoms with Crippen LogP contribution in [0.5, 0.6) is 0 Å². The second-order valence-corrected chi connectivity index (χ2v) is 11.4. The lowest BCUT2D eigenvalue weighted by molar-refractivity contribution is 0.0953. The lowest BCUT2D eigenvalue weighted by Gasteiger charge is -2.38. The number of fused-ring (bicyclic) bond motifs is 2. The van der Waals surface area contributed by atoms with Crippen LogP contribution in [0.2, 0.25) is 0 Å². The number of carbonyl (C=O) groups is 1. The molecule has 7 nitrogen and oxygen atoms in total. The summed E-state index contributed by atoms with van der Waals surface area (Å²) in [6, 6.07) is 11.6. The molecule has 33 heavy (non-hydrogen) atoms. The third-order valence-corrected chi connectivity index (χ3v) is 8.39. The number of hydrogen-bond acceptors (Lipinski definition) is 7. The van der Waals surface area contributed by atoms with Crippen molar-refractivity contribution in [1.29, 1.82) is 0 Å². The third kappa shape index (κ3) is 4.53. The van der Waals surface area contributed by atoms with Crippen molar-refractivity contribution in [2.75, 3.05) is 12.8 Å². The van der Waals surface area contributed by atoms with Gasteiger partial charge in [0, 0.05) is 36.5 Å². The minimum atomic E-state index is -3.25. The Kier molecular flexibility index (Phi) is 5.94. The Labute approximate surface area is 197 Å². The summed E-state index contributed by atoms with van der Waals surface area (Å²) >= 11 is 1.32. The molecule has 3 aromatic rings. The fourth-order valence-corrected chi connectivity index (χ4v) is 6.12. The smallest absolute Gasteiger partial charge is 0.280 e. The molecule has 2 aliphatic rings.